The second kappa shape index (κ2) is 8.72. The Balaban J connectivity index is 1.41. The second-order valence-electron chi connectivity index (χ2n) is 8.67. The van der Waals surface area contributed by atoms with Crippen molar-refractivity contribution in [3.8, 4) is 17.2 Å². The first kappa shape index (κ1) is 20.8. The van der Waals surface area contributed by atoms with Gasteiger partial charge >= 0.3 is 0 Å². The molecule has 0 radical (unpaired) electrons. The minimum absolute atomic E-state index is 0.0313. The van der Waals surface area contributed by atoms with Crippen molar-refractivity contribution in [3.05, 3.63) is 48.0 Å². The summed E-state index contributed by atoms with van der Waals surface area (Å²) in [6, 6.07) is 13.9. The van der Waals surface area contributed by atoms with Crippen LogP contribution in [0.2, 0.25) is 0 Å². The van der Waals surface area contributed by atoms with Crippen LogP contribution in [0.3, 0.4) is 0 Å². The lowest BCUT2D eigenvalue weighted by Crippen LogP contribution is -2.42. The zero-order chi connectivity index (χ0) is 21.1. The maximum atomic E-state index is 6.14. The number of ether oxygens (including phenoxy) is 3. The van der Waals surface area contributed by atoms with E-state index >= 15 is 0 Å². The quantitative estimate of drug-likeness (QED) is 0.607. The van der Waals surface area contributed by atoms with Crippen molar-refractivity contribution in [2.45, 2.75) is 63.7 Å². The summed E-state index contributed by atoms with van der Waals surface area (Å²) in [5.74, 6) is 2.58. The number of methoxy groups -OCH3 is 1. The lowest BCUT2D eigenvalue weighted by atomic mass is 9.89. The SMILES string of the molecule is COc1ccc2c(c1)[C@@H](NC(=S)Nc1ccc(OC3CCCC3)cc1)CC(C)(C)O2. The summed E-state index contributed by atoms with van der Waals surface area (Å²) in [5, 5.41) is 7.33. The van der Waals surface area contributed by atoms with E-state index in [0.29, 0.717) is 11.2 Å². The fourth-order valence-corrected chi connectivity index (χ4v) is 4.49. The fraction of sp³-hybridized carbons (Fsp3) is 0.458. The van der Waals surface area contributed by atoms with Gasteiger partial charge in [-0.3, -0.25) is 0 Å². The van der Waals surface area contributed by atoms with E-state index in [9.17, 15) is 0 Å². The zero-order valence-electron chi connectivity index (χ0n) is 17.9. The molecule has 0 amide bonds. The van der Waals surface area contributed by atoms with Crippen molar-refractivity contribution in [1.29, 1.82) is 0 Å². The third-order valence-electron chi connectivity index (χ3n) is 5.70. The van der Waals surface area contributed by atoms with Crippen molar-refractivity contribution in [2.75, 3.05) is 12.4 Å². The van der Waals surface area contributed by atoms with Gasteiger partial charge in [0.1, 0.15) is 22.8 Å². The van der Waals surface area contributed by atoms with Crippen LogP contribution in [0.4, 0.5) is 5.69 Å². The molecule has 6 heteroatoms. The highest BCUT2D eigenvalue weighted by Crippen LogP contribution is 2.41. The summed E-state index contributed by atoms with van der Waals surface area (Å²) < 4.78 is 17.6. The molecule has 1 saturated carbocycles. The molecule has 0 bridgehead atoms. The predicted octanol–water partition coefficient (Wildman–Crippen LogP) is 5.61. The molecule has 2 aromatic carbocycles. The molecule has 5 nitrogen and oxygen atoms in total. The second-order valence-corrected chi connectivity index (χ2v) is 9.08. The molecule has 0 spiro atoms. The number of fused-ring (bicyclic) bond motifs is 1. The first-order valence-electron chi connectivity index (χ1n) is 10.6. The molecule has 1 aliphatic heterocycles. The van der Waals surface area contributed by atoms with Crippen molar-refractivity contribution in [3.63, 3.8) is 0 Å². The minimum Gasteiger partial charge on any atom is -0.497 e. The summed E-state index contributed by atoms with van der Waals surface area (Å²) >= 11 is 5.61. The molecule has 2 N–H and O–H groups in total. The summed E-state index contributed by atoms with van der Waals surface area (Å²) in [7, 11) is 1.67. The van der Waals surface area contributed by atoms with Crippen LogP contribution in [-0.2, 0) is 0 Å². The predicted molar refractivity (Wildman–Crippen MR) is 124 cm³/mol. The highest BCUT2D eigenvalue weighted by Gasteiger charge is 2.34. The average Bonchev–Trinajstić information content (AvgIpc) is 3.21. The number of anilines is 1. The van der Waals surface area contributed by atoms with Crippen LogP contribution in [0.5, 0.6) is 17.2 Å². The van der Waals surface area contributed by atoms with E-state index in [2.05, 4.69) is 24.5 Å². The third-order valence-corrected chi connectivity index (χ3v) is 5.92. The number of nitrogens with one attached hydrogen (secondary N) is 2. The van der Waals surface area contributed by atoms with Gasteiger partial charge in [-0.1, -0.05) is 0 Å². The summed E-state index contributed by atoms with van der Waals surface area (Å²) in [6.07, 6.45) is 6.00. The first-order valence-corrected chi connectivity index (χ1v) is 11.0. The fourth-order valence-electron chi connectivity index (χ4n) is 4.23. The van der Waals surface area contributed by atoms with Gasteiger partial charge in [-0.15, -0.1) is 0 Å². The Kier molecular flexibility index (Phi) is 6.04. The number of rotatable bonds is 5. The Labute approximate surface area is 184 Å². The number of benzene rings is 2. The summed E-state index contributed by atoms with van der Waals surface area (Å²) in [4.78, 5) is 0. The number of thiocarbonyl (C=S) groups is 1. The number of hydrogen-bond acceptors (Lipinski definition) is 4. The van der Waals surface area contributed by atoms with Crippen molar-refractivity contribution < 1.29 is 14.2 Å². The standard InChI is InChI=1S/C24H30N2O3S/c1-24(2)15-21(20-14-19(27-3)12-13-22(20)29-24)26-23(30)25-16-8-10-18(11-9-16)28-17-6-4-5-7-17/h8-14,17,21H,4-7,15H2,1-3H3,(H2,25,26,30)/t21-/m0/s1. The minimum atomic E-state index is -0.284. The molecular formula is C24H30N2O3S. The van der Waals surface area contributed by atoms with Crippen LogP contribution in [-0.4, -0.2) is 23.9 Å². The molecule has 2 aliphatic rings. The molecule has 2 aromatic rings. The largest absolute Gasteiger partial charge is 0.497 e. The monoisotopic (exact) mass is 426 g/mol. The van der Waals surface area contributed by atoms with Gasteiger partial charge in [0.15, 0.2) is 5.11 Å². The normalized spacial score (nSPS) is 20.0. The Morgan fingerprint density at radius 3 is 2.47 bits per heavy atom. The smallest absolute Gasteiger partial charge is 0.171 e. The molecule has 4 rings (SSSR count). The summed E-state index contributed by atoms with van der Waals surface area (Å²) in [6.45, 7) is 4.18. The van der Waals surface area contributed by atoms with Crippen LogP contribution in [0.15, 0.2) is 42.5 Å². The Morgan fingerprint density at radius 1 is 1.07 bits per heavy atom. The first-order chi connectivity index (χ1) is 14.4. The Bertz CT molecular complexity index is 892. The molecule has 30 heavy (non-hydrogen) atoms. The van der Waals surface area contributed by atoms with E-state index in [1.54, 1.807) is 7.11 Å². The third kappa shape index (κ3) is 4.98. The average molecular weight is 427 g/mol. The molecule has 1 heterocycles. The molecule has 1 fully saturated rings. The zero-order valence-corrected chi connectivity index (χ0v) is 18.7. The molecule has 160 valence electrons. The maximum absolute atomic E-state index is 6.14. The van der Waals surface area contributed by atoms with E-state index in [1.165, 1.54) is 12.8 Å². The van der Waals surface area contributed by atoms with Crippen LogP contribution < -0.4 is 24.8 Å². The van der Waals surface area contributed by atoms with Crippen molar-refractivity contribution in [2.24, 2.45) is 0 Å². The van der Waals surface area contributed by atoms with Gasteiger partial charge in [-0.2, -0.15) is 0 Å². The lowest BCUT2D eigenvalue weighted by molar-refractivity contribution is 0.0695. The Morgan fingerprint density at radius 2 is 1.77 bits per heavy atom. The maximum Gasteiger partial charge on any atom is 0.171 e. The van der Waals surface area contributed by atoms with Gasteiger partial charge in [0.25, 0.3) is 0 Å². The Hall–Kier alpha value is -2.47. The lowest BCUT2D eigenvalue weighted by Gasteiger charge is -2.38. The van der Waals surface area contributed by atoms with Gasteiger partial charge in [-0.25, -0.2) is 0 Å². The van der Waals surface area contributed by atoms with E-state index in [-0.39, 0.29) is 11.6 Å². The molecule has 1 aliphatic carbocycles. The van der Waals surface area contributed by atoms with Crippen molar-refractivity contribution >= 4 is 23.0 Å². The van der Waals surface area contributed by atoms with Gasteiger partial charge in [0.2, 0.25) is 0 Å². The molecule has 0 unspecified atom stereocenters. The van der Waals surface area contributed by atoms with Gasteiger partial charge in [-0.05, 0) is 94.2 Å². The highest BCUT2D eigenvalue weighted by atomic mass is 32.1. The highest BCUT2D eigenvalue weighted by molar-refractivity contribution is 7.80. The van der Waals surface area contributed by atoms with Crippen LogP contribution >= 0.6 is 12.2 Å². The van der Waals surface area contributed by atoms with E-state index in [0.717, 1.165) is 47.8 Å². The van der Waals surface area contributed by atoms with Crippen LogP contribution in [0, 0.1) is 0 Å². The van der Waals surface area contributed by atoms with E-state index in [1.807, 2.05) is 42.5 Å². The van der Waals surface area contributed by atoms with Crippen LogP contribution in [0.1, 0.15) is 57.6 Å². The molecule has 1 atom stereocenters. The van der Waals surface area contributed by atoms with E-state index in [4.69, 9.17) is 26.4 Å². The van der Waals surface area contributed by atoms with Crippen LogP contribution in [0.25, 0.3) is 0 Å². The van der Waals surface area contributed by atoms with Gasteiger partial charge in [0, 0.05) is 17.7 Å². The molecular weight excluding hydrogens is 396 g/mol. The van der Waals surface area contributed by atoms with Gasteiger partial charge in [0.05, 0.1) is 19.3 Å². The van der Waals surface area contributed by atoms with E-state index < -0.39 is 0 Å². The van der Waals surface area contributed by atoms with Crippen molar-refractivity contribution in [1.82, 2.24) is 5.32 Å². The van der Waals surface area contributed by atoms with Gasteiger partial charge < -0.3 is 24.8 Å². The summed E-state index contributed by atoms with van der Waals surface area (Å²) in [5.41, 5.74) is 1.70. The number of hydrogen-bond donors (Lipinski definition) is 2. The topological polar surface area (TPSA) is 51.8 Å². The molecule has 0 aromatic heterocycles. The molecule has 0 saturated heterocycles.